The zero-order chi connectivity index (χ0) is 30.5. The fourth-order valence-corrected chi connectivity index (χ4v) is 5.93. The summed E-state index contributed by atoms with van der Waals surface area (Å²) in [6.45, 7) is 7.78. The normalized spacial score (nSPS) is 14.3. The van der Waals surface area contributed by atoms with Crippen LogP contribution < -0.4 is 9.64 Å². The largest absolute Gasteiger partial charge is 0.489 e. The Morgan fingerprint density at radius 1 is 1.00 bits per heavy atom. The van der Waals surface area contributed by atoms with E-state index in [-0.39, 0.29) is 11.8 Å². The predicted octanol–water partition coefficient (Wildman–Crippen LogP) is 7.39. The van der Waals surface area contributed by atoms with E-state index in [2.05, 4.69) is 55.1 Å². The minimum atomic E-state index is -0.268. The molecule has 0 fully saturated rings. The third kappa shape index (κ3) is 6.72. The summed E-state index contributed by atoms with van der Waals surface area (Å²) >= 11 is 0. The van der Waals surface area contributed by atoms with Crippen LogP contribution in [0.4, 0.5) is 5.69 Å². The number of fused-ring (bicyclic) bond motifs is 1. The summed E-state index contributed by atoms with van der Waals surface area (Å²) in [4.78, 5) is 25.6. The second kappa shape index (κ2) is 13.2. The Kier molecular flexibility index (Phi) is 8.82. The van der Waals surface area contributed by atoms with Crippen molar-refractivity contribution in [2.24, 2.45) is 0 Å². The van der Waals surface area contributed by atoms with E-state index in [0.717, 1.165) is 69.9 Å². The number of aryl methyl sites for hydroxylation is 1. The first-order valence-electron chi connectivity index (χ1n) is 15.4. The number of rotatable bonds is 10. The van der Waals surface area contributed by atoms with E-state index in [9.17, 15) is 4.79 Å². The van der Waals surface area contributed by atoms with Crippen LogP contribution in [-0.4, -0.2) is 25.7 Å². The maximum atomic E-state index is 14.5. The van der Waals surface area contributed by atoms with Crippen LogP contribution in [-0.2, 0) is 30.9 Å². The van der Waals surface area contributed by atoms with Gasteiger partial charge in [0.2, 0.25) is 5.91 Å². The van der Waals surface area contributed by atoms with Gasteiger partial charge in [-0.2, -0.15) is 5.10 Å². The van der Waals surface area contributed by atoms with Crippen LogP contribution in [0.1, 0.15) is 77.7 Å². The zero-order valence-electron chi connectivity index (χ0n) is 25.7. The third-order valence-electron chi connectivity index (χ3n) is 8.26. The molecule has 0 bridgehead atoms. The van der Waals surface area contributed by atoms with E-state index < -0.39 is 0 Å². The third-order valence-corrected chi connectivity index (χ3v) is 8.26. The molecule has 3 aromatic heterocycles. The minimum absolute atomic E-state index is 0.0679. The molecular formula is C37H39N5O2. The molecule has 3 heterocycles. The molecule has 0 saturated heterocycles. The van der Waals surface area contributed by atoms with Gasteiger partial charge in [-0.3, -0.25) is 19.4 Å². The molecule has 0 radical (unpaired) electrons. The molecule has 1 aliphatic rings. The molecule has 0 saturated carbocycles. The van der Waals surface area contributed by atoms with Crippen molar-refractivity contribution < 1.29 is 9.53 Å². The van der Waals surface area contributed by atoms with Gasteiger partial charge in [0.15, 0.2) is 0 Å². The second-order valence-electron chi connectivity index (χ2n) is 11.9. The van der Waals surface area contributed by atoms with E-state index >= 15 is 0 Å². The van der Waals surface area contributed by atoms with E-state index in [1.165, 1.54) is 0 Å². The van der Waals surface area contributed by atoms with Gasteiger partial charge in [0.25, 0.3) is 0 Å². The number of anilines is 1. The average molecular weight is 586 g/mol. The Balaban J connectivity index is 1.27. The summed E-state index contributed by atoms with van der Waals surface area (Å²) < 4.78 is 8.18. The van der Waals surface area contributed by atoms with Gasteiger partial charge in [-0.15, -0.1) is 0 Å². The lowest BCUT2D eigenvalue weighted by molar-refractivity contribution is -0.120. The number of pyridine rings is 2. The molecular weight excluding hydrogens is 546 g/mol. The molecule has 224 valence electrons. The van der Waals surface area contributed by atoms with Crippen LogP contribution >= 0.6 is 0 Å². The second-order valence-corrected chi connectivity index (χ2v) is 11.9. The predicted molar refractivity (Wildman–Crippen MR) is 173 cm³/mol. The maximum absolute atomic E-state index is 14.5. The molecule has 2 aromatic carbocycles. The fourth-order valence-electron chi connectivity index (χ4n) is 5.93. The number of benzene rings is 2. The number of carbonyl (C=O) groups excluding carboxylic acids is 1. The van der Waals surface area contributed by atoms with Gasteiger partial charge in [0.05, 0.1) is 42.8 Å². The van der Waals surface area contributed by atoms with Crippen molar-refractivity contribution in [2.75, 3.05) is 4.90 Å². The van der Waals surface area contributed by atoms with Gasteiger partial charge >= 0.3 is 0 Å². The number of aromatic nitrogens is 4. The van der Waals surface area contributed by atoms with Crippen LogP contribution in [0.5, 0.6) is 5.75 Å². The zero-order valence-corrected chi connectivity index (χ0v) is 25.7. The van der Waals surface area contributed by atoms with Crippen molar-refractivity contribution in [2.45, 2.75) is 71.6 Å². The molecule has 1 atom stereocenters. The summed E-state index contributed by atoms with van der Waals surface area (Å²) in [5.74, 6) is 0.972. The Labute approximate surface area is 259 Å². The summed E-state index contributed by atoms with van der Waals surface area (Å²) in [6.07, 6.45) is 10.1. The van der Waals surface area contributed by atoms with E-state index in [1.54, 1.807) is 0 Å². The number of ether oxygens (including phenoxy) is 1. The molecule has 7 nitrogen and oxygen atoms in total. The molecule has 0 spiro atoms. The molecule has 1 amide bonds. The van der Waals surface area contributed by atoms with Crippen LogP contribution in [0.25, 0.3) is 0 Å². The van der Waals surface area contributed by atoms with Crippen molar-refractivity contribution in [1.29, 1.82) is 0 Å². The molecule has 5 aromatic rings. The topological polar surface area (TPSA) is 73.1 Å². The van der Waals surface area contributed by atoms with E-state index in [0.29, 0.717) is 25.6 Å². The first-order valence-corrected chi connectivity index (χ1v) is 15.4. The minimum Gasteiger partial charge on any atom is -0.489 e. The smallest absolute Gasteiger partial charge is 0.234 e. The van der Waals surface area contributed by atoms with Crippen LogP contribution in [0, 0.1) is 6.92 Å². The Bertz CT molecular complexity index is 1710. The van der Waals surface area contributed by atoms with Crippen molar-refractivity contribution in [3.05, 3.63) is 137 Å². The van der Waals surface area contributed by atoms with Crippen molar-refractivity contribution in [3.63, 3.8) is 0 Å². The van der Waals surface area contributed by atoms with Gasteiger partial charge in [-0.1, -0.05) is 56.3 Å². The van der Waals surface area contributed by atoms with Gasteiger partial charge in [0, 0.05) is 23.7 Å². The van der Waals surface area contributed by atoms with Crippen molar-refractivity contribution >= 4 is 11.6 Å². The average Bonchev–Trinajstić information content (AvgIpc) is 3.49. The van der Waals surface area contributed by atoms with Crippen LogP contribution in [0.15, 0.2) is 97.6 Å². The van der Waals surface area contributed by atoms with Gasteiger partial charge < -0.3 is 9.64 Å². The van der Waals surface area contributed by atoms with E-state index in [1.807, 2.05) is 82.9 Å². The number of amides is 1. The molecule has 0 aliphatic heterocycles. The lowest BCUT2D eigenvalue weighted by atomic mass is 9.81. The summed E-state index contributed by atoms with van der Waals surface area (Å²) in [5, 5.41) is 4.60. The lowest BCUT2D eigenvalue weighted by Crippen LogP contribution is -2.36. The number of hydrogen-bond acceptors (Lipinski definition) is 5. The molecule has 44 heavy (non-hydrogen) atoms. The van der Waals surface area contributed by atoms with Gasteiger partial charge in [-0.05, 0) is 84.7 Å². The van der Waals surface area contributed by atoms with Gasteiger partial charge in [0.1, 0.15) is 12.4 Å². The molecule has 7 heteroatoms. The highest BCUT2D eigenvalue weighted by Crippen LogP contribution is 2.39. The summed E-state index contributed by atoms with van der Waals surface area (Å²) in [5.41, 5.74) is 8.18. The van der Waals surface area contributed by atoms with Crippen molar-refractivity contribution in [1.82, 2.24) is 19.7 Å². The first kappa shape index (κ1) is 29.3. The Hall–Kier alpha value is -4.78. The SMILES string of the molecule is Cc1ccnc(Cn2cc(CN(C(=O)C3CCCc4c(OCc5ccccc5)cccc43)c3ccc(C(C)C)nc3)cn2)c1. The van der Waals surface area contributed by atoms with Crippen LogP contribution in [0.3, 0.4) is 0 Å². The lowest BCUT2D eigenvalue weighted by Gasteiger charge is -2.31. The fraction of sp³-hybridized carbons (Fsp3) is 0.297. The summed E-state index contributed by atoms with van der Waals surface area (Å²) in [6, 6.07) is 24.4. The van der Waals surface area contributed by atoms with E-state index in [4.69, 9.17) is 9.72 Å². The highest BCUT2D eigenvalue weighted by molar-refractivity contribution is 5.98. The highest BCUT2D eigenvalue weighted by atomic mass is 16.5. The van der Waals surface area contributed by atoms with Gasteiger partial charge in [-0.25, -0.2) is 0 Å². The molecule has 1 unspecified atom stereocenters. The quantitative estimate of drug-likeness (QED) is 0.171. The maximum Gasteiger partial charge on any atom is 0.234 e. The molecule has 1 aliphatic carbocycles. The Morgan fingerprint density at radius 3 is 2.64 bits per heavy atom. The van der Waals surface area contributed by atoms with Crippen molar-refractivity contribution in [3.8, 4) is 5.75 Å². The number of carbonyl (C=O) groups is 1. The molecule has 6 rings (SSSR count). The van der Waals surface area contributed by atoms with Crippen LogP contribution in [0.2, 0.25) is 0 Å². The summed E-state index contributed by atoms with van der Waals surface area (Å²) in [7, 11) is 0. The first-order chi connectivity index (χ1) is 21.4. The number of nitrogens with zero attached hydrogens (tertiary/aromatic N) is 5. The standard InChI is InChI=1S/C37H39N5O2/c1-26(2)35-16-15-31(21-39-35)42(23-29-20-40-41(22-29)24-30-19-27(3)17-18-38-30)37(43)34-13-7-12-33-32(34)11-8-14-36(33)44-25-28-9-5-4-6-10-28/h4-6,8-11,14-22,26,34H,7,12-13,23-25H2,1-3H3. The Morgan fingerprint density at radius 2 is 1.86 bits per heavy atom. The number of hydrogen-bond donors (Lipinski definition) is 0. The highest BCUT2D eigenvalue weighted by Gasteiger charge is 2.32. The molecule has 0 N–H and O–H groups in total. The monoisotopic (exact) mass is 585 g/mol.